The molecule has 0 fully saturated rings. The van der Waals surface area contributed by atoms with E-state index in [4.69, 9.17) is 10.9 Å². The van der Waals surface area contributed by atoms with Crippen molar-refractivity contribution in [2.45, 2.75) is 19.4 Å². The molecule has 1 unspecified atom stereocenters. The Labute approximate surface area is 81.0 Å². The van der Waals surface area contributed by atoms with Crippen LogP contribution in [0.25, 0.3) is 0 Å². The monoisotopic (exact) mass is 199 g/mol. The lowest BCUT2D eigenvalue weighted by atomic mass is 10.3. The molecule has 0 saturated heterocycles. The predicted octanol–water partition coefficient (Wildman–Crippen LogP) is -0.663. The summed E-state index contributed by atoms with van der Waals surface area (Å²) in [5.41, 5.74) is 5.36. The molecule has 1 aromatic rings. The van der Waals surface area contributed by atoms with Crippen molar-refractivity contribution in [3.63, 3.8) is 0 Å². The van der Waals surface area contributed by atoms with Crippen LogP contribution in [-0.4, -0.2) is 33.8 Å². The summed E-state index contributed by atoms with van der Waals surface area (Å²) in [4.78, 5) is 3.85. The molecule has 0 spiro atoms. The Morgan fingerprint density at radius 3 is 3.21 bits per heavy atom. The van der Waals surface area contributed by atoms with Gasteiger partial charge in [0.05, 0.1) is 6.04 Å². The van der Waals surface area contributed by atoms with Crippen LogP contribution in [0.3, 0.4) is 0 Å². The van der Waals surface area contributed by atoms with Crippen molar-refractivity contribution in [3.8, 4) is 0 Å². The van der Waals surface area contributed by atoms with Crippen LogP contribution >= 0.6 is 0 Å². The first-order valence-corrected chi connectivity index (χ1v) is 4.20. The third kappa shape index (κ3) is 3.02. The number of nitrogens with one attached hydrogen (secondary N) is 1. The molecule has 0 aliphatic carbocycles. The van der Waals surface area contributed by atoms with Gasteiger partial charge < -0.3 is 20.8 Å². The first-order valence-electron chi connectivity index (χ1n) is 4.20. The first-order chi connectivity index (χ1) is 6.74. The highest BCUT2D eigenvalue weighted by atomic mass is 16.5. The standard InChI is InChI=1S/C7H13N5O2/c1-5(7(8)11-13)9-3-2-6-10-4-14-12-6/h4-5,9,13H,2-3H2,1H3,(H2,8,11). The number of hydrogen-bond donors (Lipinski definition) is 3. The molecule has 0 aliphatic rings. The fourth-order valence-corrected chi connectivity index (χ4v) is 0.894. The normalized spacial score (nSPS) is 14.2. The molecule has 0 bridgehead atoms. The Hall–Kier alpha value is -1.63. The van der Waals surface area contributed by atoms with Gasteiger partial charge in [0.25, 0.3) is 0 Å². The molecule has 0 saturated carbocycles. The number of aromatic nitrogens is 2. The summed E-state index contributed by atoms with van der Waals surface area (Å²) < 4.78 is 4.56. The lowest BCUT2D eigenvalue weighted by Crippen LogP contribution is -2.39. The van der Waals surface area contributed by atoms with Crippen molar-refractivity contribution in [1.29, 1.82) is 0 Å². The molecular weight excluding hydrogens is 186 g/mol. The van der Waals surface area contributed by atoms with Gasteiger partial charge >= 0.3 is 0 Å². The topological polar surface area (TPSA) is 110 Å². The van der Waals surface area contributed by atoms with Gasteiger partial charge in [-0.25, -0.2) is 0 Å². The average Bonchev–Trinajstić information content (AvgIpc) is 2.69. The summed E-state index contributed by atoms with van der Waals surface area (Å²) in [7, 11) is 0. The molecule has 0 aromatic carbocycles. The highest BCUT2D eigenvalue weighted by molar-refractivity contribution is 5.84. The van der Waals surface area contributed by atoms with Gasteiger partial charge in [0.2, 0.25) is 6.39 Å². The van der Waals surface area contributed by atoms with Crippen molar-refractivity contribution in [1.82, 2.24) is 15.5 Å². The van der Waals surface area contributed by atoms with Crippen LogP contribution in [0.2, 0.25) is 0 Å². The van der Waals surface area contributed by atoms with Gasteiger partial charge in [0.15, 0.2) is 11.7 Å². The van der Waals surface area contributed by atoms with Crippen LogP contribution in [0, 0.1) is 0 Å². The summed E-state index contributed by atoms with van der Waals surface area (Å²) in [6.07, 6.45) is 1.92. The lowest BCUT2D eigenvalue weighted by Gasteiger charge is -2.10. The highest BCUT2D eigenvalue weighted by Crippen LogP contribution is 1.89. The zero-order chi connectivity index (χ0) is 10.4. The molecule has 7 heteroatoms. The minimum atomic E-state index is -0.174. The van der Waals surface area contributed by atoms with Gasteiger partial charge in [-0.15, -0.1) is 0 Å². The minimum absolute atomic E-state index is 0.151. The van der Waals surface area contributed by atoms with Gasteiger partial charge in [0.1, 0.15) is 0 Å². The molecule has 0 amide bonds. The zero-order valence-corrected chi connectivity index (χ0v) is 7.84. The average molecular weight is 199 g/mol. The van der Waals surface area contributed by atoms with Gasteiger partial charge in [-0.1, -0.05) is 10.3 Å². The van der Waals surface area contributed by atoms with E-state index in [1.807, 2.05) is 0 Å². The highest BCUT2D eigenvalue weighted by Gasteiger charge is 2.06. The smallest absolute Gasteiger partial charge is 0.213 e. The number of amidine groups is 1. The number of oxime groups is 1. The Morgan fingerprint density at radius 1 is 1.86 bits per heavy atom. The summed E-state index contributed by atoms with van der Waals surface area (Å²) in [6.45, 7) is 2.43. The van der Waals surface area contributed by atoms with Crippen LogP contribution in [0.1, 0.15) is 12.7 Å². The largest absolute Gasteiger partial charge is 0.409 e. The van der Waals surface area contributed by atoms with Crippen LogP contribution in [0.4, 0.5) is 0 Å². The SMILES string of the molecule is CC(NCCc1ncon1)C(N)=NO. The number of rotatable bonds is 5. The summed E-state index contributed by atoms with van der Waals surface area (Å²) in [5.74, 6) is 0.780. The van der Waals surface area contributed by atoms with E-state index < -0.39 is 0 Å². The van der Waals surface area contributed by atoms with Crippen LogP contribution in [0.15, 0.2) is 16.1 Å². The van der Waals surface area contributed by atoms with E-state index in [0.717, 1.165) is 0 Å². The predicted molar refractivity (Wildman–Crippen MR) is 48.9 cm³/mol. The van der Waals surface area contributed by atoms with Gasteiger partial charge in [-0.2, -0.15) is 4.98 Å². The minimum Gasteiger partial charge on any atom is -0.409 e. The Kier molecular flexibility index (Phi) is 3.86. The molecule has 7 nitrogen and oxygen atoms in total. The van der Waals surface area contributed by atoms with Crippen molar-refractivity contribution in [3.05, 3.63) is 12.2 Å². The van der Waals surface area contributed by atoms with E-state index in [2.05, 4.69) is 25.1 Å². The number of nitrogens with zero attached hydrogens (tertiary/aromatic N) is 3. The second-order valence-corrected chi connectivity index (χ2v) is 2.80. The van der Waals surface area contributed by atoms with Crippen molar-refractivity contribution >= 4 is 5.84 Å². The molecule has 14 heavy (non-hydrogen) atoms. The molecule has 78 valence electrons. The van der Waals surface area contributed by atoms with Crippen LogP contribution < -0.4 is 11.1 Å². The molecule has 4 N–H and O–H groups in total. The van der Waals surface area contributed by atoms with Crippen molar-refractivity contribution in [2.24, 2.45) is 10.9 Å². The fraction of sp³-hybridized carbons (Fsp3) is 0.571. The van der Waals surface area contributed by atoms with E-state index >= 15 is 0 Å². The molecule has 1 atom stereocenters. The van der Waals surface area contributed by atoms with E-state index in [-0.39, 0.29) is 11.9 Å². The number of nitrogens with two attached hydrogens (primary N) is 1. The van der Waals surface area contributed by atoms with E-state index in [1.54, 1.807) is 6.92 Å². The number of hydrogen-bond acceptors (Lipinski definition) is 6. The van der Waals surface area contributed by atoms with Gasteiger partial charge in [-0.05, 0) is 6.92 Å². The summed E-state index contributed by atoms with van der Waals surface area (Å²) >= 11 is 0. The molecule has 1 heterocycles. The van der Waals surface area contributed by atoms with E-state index in [0.29, 0.717) is 18.8 Å². The Bertz CT molecular complexity index is 284. The zero-order valence-electron chi connectivity index (χ0n) is 7.84. The second kappa shape index (κ2) is 5.18. The lowest BCUT2D eigenvalue weighted by molar-refractivity contribution is 0.315. The molecule has 1 aromatic heterocycles. The van der Waals surface area contributed by atoms with Gasteiger partial charge in [0, 0.05) is 13.0 Å². The molecule has 1 rings (SSSR count). The first kappa shape index (κ1) is 10.5. The quantitative estimate of drug-likeness (QED) is 0.251. The fourth-order valence-electron chi connectivity index (χ4n) is 0.894. The summed E-state index contributed by atoms with van der Waals surface area (Å²) in [6, 6.07) is -0.174. The maximum absolute atomic E-state index is 8.37. The maximum Gasteiger partial charge on any atom is 0.213 e. The molecule has 0 aliphatic heterocycles. The van der Waals surface area contributed by atoms with Gasteiger partial charge in [-0.3, -0.25) is 0 Å². The Morgan fingerprint density at radius 2 is 2.64 bits per heavy atom. The van der Waals surface area contributed by atoms with Crippen LogP contribution in [-0.2, 0) is 6.42 Å². The third-order valence-electron chi connectivity index (χ3n) is 1.77. The van der Waals surface area contributed by atoms with Crippen molar-refractivity contribution in [2.75, 3.05) is 6.54 Å². The Balaban J connectivity index is 2.22. The third-order valence-corrected chi connectivity index (χ3v) is 1.77. The van der Waals surface area contributed by atoms with E-state index in [9.17, 15) is 0 Å². The molecular formula is C7H13N5O2. The summed E-state index contributed by atoms with van der Waals surface area (Å²) in [5, 5.41) is 17.9. The maximum atomic E-state index is 8.37. The van der Waals surface area contributed by atoms with E-state index in [1.165, 1.54) is 6.39 Å². The second-order valence-electron chi connectivity index (χ2n) is 2.80. The van der Waals surface area contributed by atoms with Crippen molar-refractivity contribution < 1.29 is 9.73 Å². The molecule has 0 radical (unpaired) electrons. The van der Waals surface area contributed by atoms with Crippen LogP contribution in [0.5, 0.6) is 0 Å².